The number of piperidine rings is 1. The fourth-order valence-corrected chi connectivity index (χ4v) is 5.66. The summed E-state index contributed by atoms with van der Waals surface area (Å²) in [6, 6.07) is 12.3. The van der Waals surface area contributed by atoms with Crippen LogP contribution in [0, 0.1) is 0 Å². The molecular weight excluding hydrogens is 540 g/mol. The monoisotopic (exact) mass is 580 g/mol. The van der Waals surface area contributed by atoms with Crippen molar-refractivity contribution in [3.05, 3.63) is 66.0 Å². The largest absolute Gasteiger partial charge is 0.496 e. The summed E-state index contributed by atoms with van der Waals surface area (Å²) in [4.78, 5) is 30.1. The number of carbonyl (C=O) groups is 2. The first-order valence-electron chi connectivity index (χ1n) is 13.8. The molecular formula is C30H40N4O6Si. The summed E-state index contributed by atoms with van der Waals surface area (Å²) in [5.41, 5.74) is 1.29. The van der Waals surface area contributed by atoms with Gasteiger partial charge in [0.25, 0.3) is 5.91 Å². The third-order valence-corrected chi connectivity index (χ3v) is 12.5. The molecule has 0 spiro atoms. The van der Waals surface area contributed by atoms with Crippen molar-refractivity contribution < 1.29 is 28.2 Å². The Labute approximate surface area is 242 Å². The summed E-state index contributed by atoms with van der Waals surface area (Å²) < 4.78 is 23.4. The molecule has 0 aliphatic carbocycles. The number of benzene rings is 2. The van der Waals surface area contributed by atoms with Crippen molar-refractivity contribution in [3.8, 4) is 17.2 Å². The maximum Gasteiger partial charge on any atom is 0.345 e. The molecule has 11 heteroatoms. The first-order chi connectivity index (χ1) is 19.5. The van der Waals surface area contributed by atoms with Gasteiger partial charge in [0, 0.05) is 0 Å². The van der Waals surface area contributed by atoms with Gasteiger partial charge in [-0.05, 0) is 55.2 Å². The van der Waals surface area contributed by atoms with Gasteiger partial charge in [-0.25, -0.2) is 4.79 Å². The Morgan fingerprint density at radius 3 is 2.32 bits per heavy atom. The molecule has 1 aromatic heterocycles. The third-order valence-electron chi connectivity index (χ3n) is 8.03. The van der Waals surface area contributed by atoms with Gasteiger partial charge in [-0.3, -0.25) is 4.79 Å². The van der Waals surface area contributed by atoms with Crippen molar-refractivity contribution in [2.24, 2.45) is 0 Å². The number of esters is 1. The molecule has 10 nitrogen and oxygen atoms in total. The van der Waals surface area contributed by atoms with E-state index in [0.29, 0.717) is 48.7 Å². The highest BCUT2D eigenvalue weighted by Crippen LogP contribution is 2.38. The lowest BCUT2D eigenvalue weighted by Gasteiger charge is -2.43. The number of hydrogen-bond donors (Lipinski definition) is 0. The van der Waals surface area contributed by atoms with Crippen LogP contribution >= 0.6 is 0 Å². The normalized spacial score (nSPS) is 17.7. The Morgan fingerprint density at radius 2 is 1.66 bits per heavy atom. The molecule has 1 aliphatic heterocycles. The minimum Gasteiger partial charge on any atom is -0.496 e. The number of nitrogens with zero attached hydrogens (tertiary/aromatic N) is 4. The fraction of sp³-hybridized carbons (Fsp3) is 0.467. The second-order valence-electron chi connectivity index (χ2n) is 11.7. The Hall–Kier alpha value is -3.70. The smallest absolute Gasteiger partial charge is 0.345 e. The zero-order chi connectivity index (χ0) is 29.8. The van der Waals surface area contributed by atoms with Crippen molar-refractivity contribution in [2.45, 2.75) is 63.9 Å². The molecule has 1 amide bonds. The molecule has 2 heterocycles. The van der Waals surface area contributed by atoms with Crippen LogP contribution in [0.5, 0.6) is 11.5 Å². The second-order valence-corrected chi connectivity index (χ2v) is 16.5. The lowest BCUT2D eigenvalue weighted by molar-refractivity contribution is 0.0218. The molecule has 0 N–H and O–H groups in total. The van der Waals surface area contributed by atoms with Gasteiger partial charge in [-0.2, -0.15) is 15.0 Å². The van der Waals surface area contributed by atoms with E-state index in [2.05, 4.69) is 44.1 Å². The van der Waals surface area contributed by atoms with Crippen LogP contribution in [0.1, 0.15) is 54.3 Å². The Bertz CT molecular complexity index is 1360. The van der Waals surface area contributed by atoms with E-state index in [-0.39, 0.29) is 28.7 Å². The van der Waals surface area contributed by atoms with Crippen LogP contribution in [0.25, 0.3) is 5.69 Å². The summed E-state index contributed by atoms with van der Waals surface area (Å²) >= 11 is 0. The summed E-state index contributed by atoms with van der Waals surface area (Å²) in [5, 5.41) is 8.53. The number of para-hydroxylation sites is 1. The highest BCUT2D eigenvalue weighted by atomic mass is 28.4. The van der Waals surface area contributed by atoms with Crippen LogP contribution in [0.3, 0.4) is 0 Å². The van der Waals surface area contributed by atoms with Gasteiger partial charge in [0.05, 0.1) is 57.1 Å². The molecule has 41 heavy (non-hydrogen) atoms. The van der Waals surface area contributed by atoms with Crippen LogP contribution in [-0.4, -0.2) is 79.6 Å². The Morgan fingerprint density at radius 1 is 0.976 bits per heavy atom. The molecule has 2 aromatic carbocycles. The summed E-state index contributed by atoms with van der Waals surface area (Å²) in [6.45, 7) is 11.8. The number of amides is 1. The van der Waals surface area contributed by atoms with E-state index in [1.54, 1.807) is 36.7 Å². The molecule has 1 saturated heterocycles. The van der Waals surface area contributed by atoms with Crippen molar-refractivity contribution in [1.82, 2.24) is 19.9 Å². The zero-order valence-corrected chi connectivity index (χ0v) is 25.9. The standard InChI is InChI=1S/C30H40N4O6Si/c1-30(2,3)41(6,7)39-20-21-15-16-22(40-26-14-10-13-25(37-4)27(26)29(36)38-5)19-33(21)28(35)23-11-8-9-12-24(23)34-31-17-18-32-34/h8-14,17-18,21-22H,15-16,19-20H2,1-7H3/t21-,22+/m0/s1. The maximum atomic E-state index is 14.2. The zero-order valence-electron chi connectivity index (χ0n) is 24.9. The summed E-state index contributed by atoms with van der Waals surface area (Å²) in [7, 11) is 0.751. The van der Waals surface area contributed by atoms with Gasteiger partial charge >= 0.3 is 5.97 Å². The molecule has 1 fully saturated rings. The van der Waals surface area contributed by atoms with Crippen LogP contribution < -0.4 is 9.47 Å². The SMILES string of the molecule is COC(=O)c1c(OC)cccc1O[C@@H]1CC[C@@H](CO[Si](C)(C)C(C)(C)C)N(C(=O)c2ccccc2-n2nccn2)C1. The minimum atomic E-state index is -2.06. The number of methoxy groups -OCH3 is 2. The molecule has 2 atom stereocenters. The molecule has 0 bridgehead atoms. The molecule has 4 rings (SSSR count). The minimum absolute atomic E-state index is 0.0389. The fourth-order valence-electron chi connectivity index (χ4n) is 4.62. The van der Waals surface area contributed by atoms with E-state index >= 15 is 0 Å². The average Bonchev–Trinajstić information content (AvgIpc) is 3.50. The van der Waals surface area contributed by atoms with Crippen molar-refractivity contribution in [2.75, 3.05) is 27.4 Å². The van der Waals surface area contributed by atoms with Gasteiger partial charge in [-0.1, -0.05) is 39.0 Å². The van der Waals surface area contributed by atoms with E-state index in [4.69, 9.17) is 18.6 Å². The number of likely N-dealkylation sites (tertiary alicyclic amines) is 1. The molecule has 0 saturated carbocycles. The molecule has 0 unspecified atom stereocenters. The van der Waals surface area contributed by atoms with Crippen LogP contribution in [-0.2, 0) is 9.16 Å². The van der Waals surface area contributed by atoms with Crippen molar-refractivity contribution in [3.63, 3.8) is 0 Å². The average molecular weight is 581 g/mol. The van der Waals surface area contributed by atoms with Gasteiger partial charge in [0.2, 0.25) is 0 Å². The number of ether oxygens (including phenoxy) is 3. The molecule has 3 aromatic rings. The number of rotatable bonds is 9. The molecule has 1 aliphatic rings. The van der Waals surface area contributed by atoms with Gasteiger partial charge in [-0.15, -0.1) is 0 Å². The third kappa shape index (κ3) is 6.62. The predicted octanol–water partition coefficient (Wildman–Crippen LogP) is 5.14. The van der Waals surface area contributed by atoms with E-state index in [1.165, 1.54) is 19.0 Å². The van der Waals surface area contributed by atoms with Crippen LogP contribution in [0.4, 0.5) is 0 Å². The lowest BCUT2D eigenvalue weighted by Crippen LogP contribution is -2.54. The first kappa shape index (κ1) is 30.3. The van der Waals surface area contributed by atoms with Crippen molar-refractivity contribution in [1.29, 1.82) is 0 Å². The predicted molar refractivity (Wildman–Crippen MR) is 157 cm³/mol. The molecule has 220 valence electrons. The van der Waals surface area contributed by atoms with Crippen LogP contribution in [0.2, 0.25) is 18.1 Å². The van der Waals surface area contributed by atoms with E-state index < -0.39 is 14.3 Å². The van der Waals surface area contributed by atoms with Gasteiger partial charge in [0.15, 0.2) is 8.32 Å². The summed E-state index contributed by atoms with van der Waals surface area (Å²) in [6.07, 6.45) is 4.14. The number of carbonyl (C=O) groups excluding carboxylic acids is 2. The highest BCUT2D eigenvalue weighted by Gasteiger charge is 2.40. The topological polar surface area (TPSA) is 105 Å². The lowest BCUT2D eigenvalue weighted by atomic mass is 9.98. The number of aromatic nitrogens is 3. The van der Waals surface area contributed by atoms with Crippen LogP contribution in [0.15, 0.2) is 54.9 Å². The van der Waals surface area contributed by atoms with E-state index in [1.807, 2.05) is 23.1 Å². The number of hydrogen-bond acceptors (Lipinski definition) is 8. The van der Waals surface area contributed by atoms with Gasteiger partial charge in [0.1, 0.15) is 23.2 Å². The van der Waals surface area contributed by atoms with Crippen molar-refractivity contribution >= 4 is 20.2 Å². The quantitative estimate of drug-likeness (QED) is 0.253. The second kappa shape index (κ2) is 12.4. The van der Waals surface area contributed by atoms with E-state index in [0.717, 1.165) is 0 Å². The Balaban J connectivity index is 1.65. The highest BCUT2D eigenvalue weighted by molar-refractivity contribution is 6.74. The molecule has 0 radical (unpaired) electrons. The Kier molecular flexibility index (Phi) is 9.18. The first-order valence-corrected chi connectivity index (χ1v) is 16.7. The summed E-state index contributed by atoms with van der Waals surface area (Å²) in [5.74, 6) is 0.00135. The van der Waals surface area contributed by atoms with E-state index in [9.17, 15) is 9.59 Å². The maximum absolute atomic E-state index is 14.2. The van der Waals surface area contributed by atoms with Gasteiger partial charge < -0.3 is 23.5 Å².